The number of aromatic nitrogens is 3. The summed E-state index contributed by atoms with van der Waals surface area (Å²) in [5.41, 5.74) is -3.13. The minimum Gasteiger partial charge on any atom is -0.511 e. The molecule has 1 aromatic rings. The van der Waals surface area contributed by atoms with Crippen LogP contribution in [0.2, 0.25) is 0 Å². The minimum absolute atomic E-state index is 0.00813. The van der Waals surface area contributed by atoms with Gasteiger partial charge in [0, 0.05) is 26.4 Å². The number of allylic oxidation sites excluding steroid dienone is 2. The molecule has 0 atom stereocenters. The Balaban J connectivity index is 1.96. The van der Waals surface area contributed by atoms with Gasteiger partial charge in [0.25, 0.3) is 5.56 Å². The van der Waals surface area contributed by atoms with Gasteiger partial charge in [0.2, 0.25) is 5.78 Å². The zero-order valence-corrected chi connectivity index (χ0v) is 16.2. The largest absolute Gasteiger partial charge is 0.511 e. The van der Waals surface area contributed by atoms with Gasteiger partial charge < -0.3 is 5.11 Å². The summed E-state index contributed by atoms with van der Waals surface area (Å²) >= 11 is 0. The lowest BCUT2D eigenvalue weighted by atomic mass is 9.92. The highest BCUT2D eigenvalue weighted by Crippen LogP contribution is 2.30. The molecule has 1 heterocycles. The molecule has 0 aliphatic heterocycles. The number of aliphatic hydroxyl groups excluding tert-OH is 1. The van der Waals surface area contributed by atoms with Crippen molar-refractivity contribution in [3.05, 3.63) is 37.9 Å². The van der Waals surface area contributed by atoms with Crippen molar-refractivity contribution < 1.29 is 23.1 Å². The molecule has 11 heteroatoms. The third-order valence-corrected chi connectivity index (χ3v) is 6.63. The van der Waals surface area contributed by atoms with Crippen LogP contribution in [0.3, 0.4) is 0 Å². The molecule has 0 spiro atoms. The lowest BCUT2D eigenvalue weighted by Crippen LogP contribution is -2.45. The number of aryl methyl sites for hydroxylation is 1. The van der Waals surface area contributed by atoms with Gasteiger partial charge in [-0.25, -0.2) is 17.9 Å². The van der Waals surface area contributed by atoms with Gasteiger partial charge in [-0.15, -0.1) is 0 Å². The molecule has 0 amide bonds. The van der Waals surface area contributed by atoms with Crippen molar-refractivity contribution in [2.24, 2.45) is 13.0 Å². The Morgan fingerprint density at radius 2 is 1.89 bits per heavy atom. The molecule has 28 heavy (non-hydrogen) atoms. The summed E-state index contributed by atoms with van der Waals surface area (Å²) in [6.07, 6.45) is 2.28. The molecule has 1 fully saturated rings. The van der Waals surface area contributed by atoms with Crippen LogP contribution in [-0.2, 0) is 28.2 Å². The fourth-order valence-corrected chi connectivity index (χ4v) is 4.80. The summed E-state index contributed by atoms with van der Waals surface area (Å²) in [7, 11) is -2.24. The molecule has 0 aromatic carbocycles. The molecular formula is C17H21N3O7S. The van der Waals surface area contributed by atoms with E-state index in [9.17, 15) is 32.7 Å². The van der Waals surface area contributed by atoms with Crippen LogP contribution in [0, 0.1) is 5.92 Å². The zero-order chi connectivity index (χ0) is 20.6. The van der Waals surface area contributed by atoms with Crippen LogP contribution in [0.5, 0.6) is 0 Å². The number of Topliss-reactive ketones (excluding diaryl/α,β-unsaturated/α-hetero) is 2. The molecule has 1 aromatic heterocycles. The second-order valence-electron chi connectivity index (χ2n) is 7.20. The summed E-state index contributed by atoms with van der Waals surface area (Å²) in [6.45, 7) is -0.414. The number of sulfone groups is 1. The molecule has 2 aliphatic rings. The molecular weight excluding hydrogens is 390 g/mol. The zero-order valence-electron chi connectivity index (χ0n) is 15.4. The monoisotopic (exact) mass is 411 g/mol. The highest BCUT2D eigenvalue weighted by molar-refractivity contribution is 7.91. The van der Waals surface area contributed by atoms with E-state index in [0.717, 1.165) is 17.5 Å². The third kappa shape index (κ3) is 4.13. The van der Waals surface area contributed by atoms with Crippen molar-refractivity contribution in [1.82, 2.24) is 14.3 Å². The van der Waals surface area contributed by atoms with Crippen LogP contribution >= 0.6 is 0 Å². The summed E-state index contributed by atoms with van der Waals surface area (Å²) < 4.78 is 25.6. The van der Waals surface area contributed by atoms with Crippen molar-refractivity contribution in [3.8, 4) is 0 Å². The van der Waals surface area contributed by atoms with Crippen LogP contribution in [-0.4, -0.2) is 50.9 Å². The number of nitrogens with zero attached hydrogens (tertiary/aromatic N) is 3. The predicted molar refractivity (Wildman–Crippen MR) is 98.0 cm³/mol. The lowest BCUT2D eigenvalue weighted by molar-refractivity contribution is -0.116. The van der Waals surface area contributed by atoms with Crippen LogP contribution in [0.25, 0.3) is 0 Å². The maximum Gasteiger partial charge on any atom is 0.347 e. The molecule has 1 saturated carbocycles. The average molecular weight is 411 g/mol. The van der Waals surface area contributed by atoms with E-state index in [-0.39, 0.29) is 24.5 Å². The van der Waals surface area contributed by atoms with E-state index in [1.165, 1.54) is 7.05 Å². The van der Waals surface area contributed by atoms with Gasteiger partial charge in [-0.05, 0) is 25.2 Å². The van der Waals surface area contributed by atoms with Crippen molar-refractivity contribution in [2.75, 3.05) is 11.5 Å². The summed E-state index contributed by atoms with van der Waals surface area (Å²) in [5.74, 6) is -2.34. The Kier molecular flexibility index (Phi) is 5.37. The van der Waals surface area contributed by atoms with Gasteiger partial charge in [0.1, 0.15) is 11.3 Å². The van der Waals surface area contributed by atoms with E-state index in [2.05, 4.69) is 5.10 Å². The number of hydrogen-bond donors (Lipinski definition) is 1. The first kappa shape index (κ1) is 20.2. The highest BCUT2D eigenvalue weighted by atomic mass is 32.2. The van der Waals surface area contributed by atoms with Crippen molar-refractivity contribution in [2.45, 2.75) is 38.6 Å². The highest BCUT2D eigenvalue weighted by Gasteiger charge is 2.32. The first-order chi connectivity index (χ1) is 13.1. The molecule has 0 saturated heterocycles. The molecule has 0 bridgehead atoms. The number of ketones is 2. The third-order valence-electron chi connectivity index (χ3n) is 4.84. The Hall–Kier alpha value is -2.56. The number of aliphatic hydroxyl groups is 1. The van der Waals surface area contributed by atoms with E-state index < -0.39 is 62.0 Å². The fraction of sp³-hybridized carbons (Fsp3) is 0.588. The van der Waals surface area contributed by atoms with Gasteiger partial charge in [-0.2, -0.15) is 5.10 Å². The first-order valence-electron chi connectivity index (χ1n) is 8.99. The van der Waals surface area contributed by atoms with Gasteiger partial charge in [0.05, 0.1) is 11.5 Å². The standard InChI is InChI=1S/C17H21N3O7S/c1-19-17(25)20(7-8-28(26,27)9-10-5-6-10)16(24)14(18-19)15(23)13-11(21)3-2-4-12(13)22/h10,21H,2-9H2,1H3. The molecule has 152 valence electrons. The lowest BCUT2D eigenvalue weighted by Gasteiger charge is -2.14. The second-order valence-corrected chi connectivity index (χ2v) is 9.43. The van der Waals surface area contributed by atoms with E-state index in [4.69, 9.17) is 0 Å². The normalized spacial score (nSPS) is 17.8. The van der Waals surface area contributed by atoms with E-state index in [1.54, 1.807) is 0 Å². The maximum atomic E-state index is 12.7. The predicted octanol–water partition coefficient (Wildman–Crippen LogP) is -0.485. The fourth-order valence-electron chi connectivity index (χ4n) is 3.13. The van der Waals surface area contributed by atoms with E-state index >= 15 is 0 Å². The summed E-state index contributed by atoms with van der Waals surface area (Å²) in [4.78, 5) is 49.6. The quantitative estimate of drug-likeness (QED) is 0.467. The van der Waals surface area contributed by atoms with Gasteiger partial charge in [-0.3, -0.25) is 19.0 Å². The Morgan fingerprint density at radius 1 is 1.21 bits per heavy atom. The number of rotatable bonds is 7. The van der Waals surface area contributed by atoms with Crippen molar-refractivity contribution in [3.63, 3.8) is 0 Å². The maximum absolute atomic E-state index is 12.7. The van der Waals surface area contributed by atoms with Crippen molar-refractivity contribution >= 4 is 21.4 Å². The molecule has 3 rings (SSSR count). The van der Waals surface area contributed by atoms with Crippen LogP contribution < -0.4 is 11.2 Å². The molecule has 1 N–H and O–H groups in total. The van der Waals surface area contributed by atoms with Gasteiger partial charge >= 0.3 is 5.69 Å². The summed E-state index contributed by atoms with van der Waals surface area (Å²) in [6, 6.07) is 0. The summed E-state index contributed by atoms with van der Waals surface area (Å²) in [5, 5.41) is 13.6. The first-order valence-corrected chi connectivity index (χ1v) is 10.8. The van der Waals surface area contributed by atoms with Crippen LogP contribution in [0.4, 0.5) is 0 Å². The van der Waals surface area contributed by atoms with Gasteiger partial charge in [-0.1, -0.05) is 0 Å². The Morgan fingerprint density at radius 3 is 2.50 bits per heavy atom. The SMILES string of the molecule is Cn1nc(C(=O)C2=C(O)CCCC2=O)c(=O)n(CCS(=O)(=O)CC2CC2)c1=O. The number of carbonyl (C=O) groups excluding carboxylic acids is 2. The minimum atomic E-state index is -3.45. The Bertz CT molecular complexity index is 1090. The number of hydrogen-bond acceptors (Lipinski definition) is 8. The Labute approximate surface area is 160 Å². The molecule has 2 aliphatic carbocycles. The average Bonchev–Trinajstić information content (AvgIpc) is 3.41. The van der Waals surface area contributed by atoms with Crippen LogP contribution in [0.15, 0.2) is 20.9 Å². The van der Waals surface area contributed by atoms with Crippen molar-refractivity contribution in [1.29, 1.82) is 0 Å². The second kappa shape index (κ2) is 7.46. The number of carbonyl (C=O) groups is 2. The molecule has 0 unspecified atom stereocenters. The van der Waals surface area contributed by atoms with Gasteiger partial charge in [0.15, 0.2) is 21.3 Å². The van der Waals surface area contributed by atoms with E-state index in [0.29, 0.717) is 11.0 Å². The topological polar surface area (TPSA) is 145 Å². The smallest absolute Gasteiger partial charge is 0.347 e. The molecule has 10 nitrogen and oxygen atoms in total. The molecule has 0 radical (unpaired) electrons. The van der Waals surface area contributed by atoms with E-state index in [1.807, 2.05) is 0 Å². The van der Waals surface area contributed by atoms with Crippen LogP contribution in [0.1, 0.15) is 42.6 Å².